The molecular formula is C44H83NO7. The Labute approximate surface area is 320 Å². The summed E-state index contributed by atoms with van der Waals surface area (Å²) in [6.07, 6.45) is 41.1. The maximum Gasteiger partial charge on any atom is 0.534 e. The Hall–Kier alpha value is -1.67. The molecule has 1 aliphatic heterocycles. The van der Waals surface area contributed by atoms with E-state index in [1.807, 2.05) is 0 Å². The summed E-state index contributed by atoms with van der Waals surface area (Å²) in [5.74, 6) is -1.05. The zero-order chi connectivity index (χ0) is 37.6. The minimum atomic E-state index is -1.07. The van der Waals surface area contributed by atoms with Gasteiger partial charge in [0.1, 0.15) is 12.7 Å². The molecule has 1 saturated heterocycles. The van der Waals surface area contributed by atoms with E-state index in [2.05, 4.69) is 13.8 Å². The highest BCUT2D eigenvalue weighted by molar-refractivity contribution is 6.01. The van der Waals surface area contributed by atoms with Crippen LogP contribution < -0.4 is 0 Å². The van der Waals surface area contributed by atoms with E-state index in [1.54, 1.807) is 0 Å². The van der Waals surface area contributed by atoms with Gasteiger partial charge >= 0.3 is 6.16 Å². The maximum absolute atomic E-state index is 12.2. The summed E-state index contributed by atoms with van der Waals surface area (Å²) in [5, 5.41) is 0.502. The van der Waals surface area contributed by atoms with Gasteiger partial charge in [-0.3, -0.25) is 14.4 Å². The molecule has 0 aliphatic carbocycles. The standard InChI is InChI=1S/C44H83NO7/c1-3-5-7-9-11-13-15-17-19-21-23-25-27-29-31-33-37-49-39-41(40-51-44(48)52-45-42(46)35-36-43(45)47)50-38-34-32-30-28-26-24-22-20-18-16-14-12-10-8-6-4-2/h41H,3-40H2,1-2H3/t41-/m1/s1. The first-order valence-electron chi connectivity index (χ1n) is 22.5. The third kappa shape index (κ3) is 30.8. The highest BCUT2D eigenvalue weighted by atomic mass is 16.8. The number of hydrogen-bond donors (Lipinski definition) is 0. The number of nitrogens with zero attached hydrogens (tertiary/aromatic N) is 1. The van der Waals surface area contributed by atoms with Crippen LogP contribution in [0.5, 0.6) is 0 Å². The smallest absolute Gasteiger partial charge is 0.430 e. The monoisotopic (exact) mass is 738 g/mol. The zero-order valence-electron chi connectivity index (χ0n) is 34.3. The second kappa shape index (κ2) is 37.6. The Bertz CT molecular complexity index is 806. The molecular weight excluding hydrogens is 654 g/mol. The van der Waals surface area contributed by atoms with Crippen LogP contribution in [-0.4, -0.2) is 55.6 Å². The average Bonchev–Trinajstić information content (AvgIpc) is 3.46. The summed E-state index contributed by atoms with van der Waals surface area (Å²) in [7, 11) is 0. The van der Waals surface area contributed by atoms with Crippen LogP contribution in [-0.2, 0) is 28.6 Å². The Balaban J connectivity index is 2.10. The van der Waals surface area contributed by atoms with Crippen LogP contribution in [0, 0.1) is 0 Å². The van der Waals surface area contributed by atoms with E-state index in [4.69, 9.17) is 19.0 Å². The molecule has 0 aromatic carbocycles. The molecule has 1 fully saturated rings. The zero-order valence-corrected chi connectivity index (χ0v) is 34.3. The molecule has 2 amide bonds. The molecule has 0 aromatic rings. The van der Waals surface area contributed by atoms with Gasteiger partial charge in [-0.05, 0) is 12.8 Å². The fourth-order valence-corrected chi connectivity index (χ4v) is 6.93. The van der Waals surface area contributed by atoms with Gasteiger partial charge in [0.2, 0.25) is 0 Å². The van der Waals surface area contributed by atoms with E-state index in [0.717, 1.165) is 25.7 Å². The van der Waals surface area contributed by atoms with Gasteiger partial charge in [0, 0.05) is 26.1 Å². The number of unbranched alkanes of at least 4 members (excludes halogenated alkanes) is 30. The molecule has 1 aliphatic rings. The van der Waals surface area contributed by atoms with Crippen molar-refractivity contribution in [1.82, 2.24) is 5.06 Å². The van der Waals surface area contributed by atoms with Crippen molar-refractivity contribution in [1.29, 1.82) is 0 Å². The number of hydrogen-bond acceptors (Lipinski definition) is 7. The molecule has 1 atom stereocenters. The van der Waals surface area contributed by atoms with Crippen LogP contribution in [0.1, 0.15) is 232 Å². The molecule has 306 valence electrons. The molecule has 0 saturated carbocycles. The summed E-state index contributed by atoms with van der Waals surface area (Å²) in [5.41, 5.74) is 0. The molecule has 1 rings (SSSR count). The number of amides is 2. The number of rotatable bonds is 40. The van der Waals surface area contributed by atoms with E-state index in [1.165, 1.54) is 180 Å². The van der Waals surface area contributed by atoms with E-state index in [0.29, 0.717) is 24.9 Å². The van der Waals surface area contributed by atoms with Crippen molar-refractivity contribution in [2.45, 2.75) is 238 Å². The van der Waals surface area contributed by atoms with Gasteiger partial charge in [-0.25, -0.2) is 4.79 Å². The minimum Gasteiger partial charge on any atom is -0.430 e. The van der Waals surface area contributed by atoms with Crippen LogP contribution in [0.2, 0.25) is 0 Å². The van der Waals surface area contributed by atoms with E-state index in [9.17, 15) is 14.4 Å². The highest BCUT2D eigenvalue weighted by Gasteiger charge is 2.33. The van der Waals surface area contributed by atoms with Crippen molar-refractivity contribution in [2.75, 3.05) is 26.4 Å². The quantitative estimate of drug-likeness (QED) is 0.0351. The topological polar surface area (TPSA) is 91.4 Å². The summed E-state index contributed by atoms with van der Waals surface area (Å²) in [6.45, 7) is 6.06. The number of carbonyl (C=O) groups excluding carboxylic acids is 3. The first kappa shape index (κ1) is 48.3. The van der Waals surface area contributed by atoms with Crippen LogP contribution in [0.15, 0.2) is 0 Å². The van der Waals surface area contributed by atoms with Crippen LogP contribution in [0.4, 0.5) is 4.79 Å². The lowest BCUT2D eigenvalue weighted by Crippen LogP contribution is -2.34. The summed E-state index contributed by atoms with van der Waals surface area (Å²) in [4.78, 5) is 40.5. The van der Waals surface area contributed by atoms with Gasteiger partial charge in [0.25, 0.3) is 11.8 Å². The third-order valence-corrected chi connectivity index (χ3v) is 10.4. The van der Waals surface area contributed by atoms with Crippen molar-refractivity contribution in [3.8, 4) is 0 Å². The molecule has 8 nitrogen and oxygen atoms in total. The molecule has 52 heavy (non-hydrogen) atoms. The molecule has 1 heterocycles. The summed E-state index contributed by atoms with van der Waals surface area (Å²) >= 11 is 0. The average molecular weight is 738 g/mol. The minimum absolute atomic E-state index is 0.0460. The van der Waals surface area contributed by atoms with Crippen molar-refractivity contribution in [3.05, 3.63) is 0 Å². The predicted octanol–water partition coefficient (Wildman–Crippen LogP) is 13.1. The first-order valence-corrected chi connectivity index (χ1v) is 22.5. The van der Waals surface area contributed by atoms with Crippen molar-refractivity contribution < 1.29 is 33.4 Å². The number of hydroxylamine groups is 2. The fraction of sp³-hybridized carbons (Fsp3) is 0.932. The Morgan fingerprint density at radius 2 is 0.808 bits per heavy atom. The SMILES string of the molecule is CCCCCCCCCCCCCCCCCCOC[C@H](COC(=O)ON1C(=O)CCC1=O)OCCCCCCCCCCCCCCCCCC. The molecule has 0 aromatic heterocycles. The molecule has 0 radical (unpaired) electrons. The summed E-state index contributed by atoms with van der Waals surface area (Å²) < 4.78 is 17.2. The molecule has 0 bridgehead atoms. The van der Waals surface area contributed by atoms with Gasteiger partial charge < -0.3 is 14.2 Å². The van der Waals surface area contributed by atoms with Crippen molar-refractivity contribution >= 4 is 18.0 Å². The first-order chi connectivity index (χ1) is 25.6. The van der Waals surface area contributed by atoms with Gasteiger partial charge in [-0.1, -0.05) is 212 Å². The van der Waals surface area contributed by atoms with E-state index in [-0.39, 0.29) is 19.4 Å². The van der Waals surface area contributed by atoms with Gasteiger partial charge in [-0.2, -0.15) is 0 Å². The van der Waals surface area contributed by atoms with Crippen LogP contribution in [0.3, 0.4) is 0 Å². The lowest BCUT2D eigenvalue weighted by atomic mass is 10.0. The fourth-order valence-electron chi connectivity index (χ4n) is 6.93. The Morgan fingerprint density at radius 3 is 1.17 bits per heavy atom. The van der Waals surface area contributed by atoms with Gasteiger partial charge in [0.05, 0.1) is 6.61 Å². The lowest BCUT2D eigenvalue weighted by Gasteiger charge is -2.19. The van der Waals surface area contributed by atoms with E-state index >= 15 is 0 Å². The highest BCUT2D eigenvalue weighted by Crippen LogP contribution is 2.16. The predicted molar refractivity (Wildman–Crippen MR) is 213 cm³/mol. The Kier molecular flexibility index (Phi) is 35.0. The van der Waals surface area contributed by atoms with Gasteiger partial charge in [-0.15, -0.1) is 0 Å². The molecule has 0 spiro atoms. The summed E-state index contributed by atoms with van der Waals surface area (Å²) in [6, 6.07) is 0. The van der Waals surface area contributed by atoms with Crippen LogP contribution in [0.25, 0.3) is 0 Å². The molecule has 0 unspecified atom stereocenters. The third-order valence-electron chi connectivity index (χ3n) is 10.4. The number of imide groups is 1. The van der Waals surface area contributed by atoms with Crippen molar-refractivity contribution in [2.24, 2.45) is 0 Å². The number of ether oxygens (including phenoxy) is 3. The lowest BCUT2D eigenvalue weighted by molar-refractivity contribution is -0.178. The molecule has 0 N–H and O–H groups in total. The Morgan fingerprint density at radius 1 is 0.481 bits per heavy atom. The van der Waals surface area contributed by atoms with Gasteiger partial charge in [0.15, 0.2) is 0 Å². The van der Waals surface area contributed by atoms with Crippen LogP contribution >= 0.6 is 0 Å². The van der Waals surface area contributed by atoms with E-state index < -0.39 is 24.1 Å². The number of carbonyl (C=O) groups is 3. The van der Waals surface area contributed by atoms with Crippen molar-refractivity contribution in [3.63, 3.8) is 0 Å². The second-order valence-corrected chi connectivity index (χ2v) is 15.4. The largest absolute Gasteiger partial charge is 0.534 e. The second-order valence-electron chi connectivity index (χ2n) is 15.4. The normalized spacial score (nSPS) is 13.7. The maximum atomic E-state index is 12.2. The molecule has 8 heteroatoms.